The largest absolute Gasteiger partial charge is 0.481 e. The van der Waals surface area contributed by atoms with Gasteiger partial charge in [-0.05, 0) is 62.5 Å². The van der Waals surface area contributed by atoms with Crippen LogP contribution in [-0.2, 0) is 56.0 Å². The topological polar surface area (TPSA) is 363 Å². The highest BCUT2D eigenvalue weighted by atomic mass is 16.4. The molecule has 3 aliphatic rings. The van der Waals surface area contributed by atoms with Gasteiger partial charge in [0.2, 0.25) is 41.4 Å². The molecule has 3 heterocycles. The number of aliphatic carboxylic acids is 2. The number of aliphatic imine (C=N–C) groups is 1. The van der Waals surface area contributed by atoms with Gasteiger partial charge < -0.3 is 68.5 Å². The second-order valence-corrected chi connectivity index (χ2v) is 17.0. The maximum atomic E-state index is 13.8. The van der Waals surface area contributed by atoms with Gasteiger partial charge in [-0.2, -0.15) is 0 Å². The van der Waals surface area contributed by atoms with E-state index in [2.05, 4.69) is 26.3 Å². The Bertz CT molecular complexity index is 2140. The highest BCUT2D eigenvalue weighted by molar-refractivity contribution is 5.97. The zero-order valence-corrected chi connectivity index (χ0v) is 38.7. The molecule has 7 unspecified atom stereocenters. The molecule has 0 spiro atoms. The van der Waals surface area contributed by atoms with Crippen molar-refractivity contribution in [1.82, 2.24) is 36.0 Å². The number of rotatable bonds is 21. The van der Waals surface area contributed by atoms with E-state index in [9.17, 15) is 48.6 Å². The standard InChI is InChI=1S/C44H61N11O10.C2H4O2/c45-29(15-7-19-48-44(46)47)40(61)55-22-10-18-35(55)42(63)54-21-8-16-33(54)38(59)49-25-36(57)50-30(23-27-11-3-1-4-12-27)37(58)52-32(26-56)41(62)53-20-9-17-34(53)39(60)51-31(43(64)65)24-28-13-5-2-6-14-28;1-2(3)4/h1-6,11-14,29-35,56H,7-10,15-26,45H2,(H,49,59)(H,50,57)(H,51,60)(H,52,58)(H,64,65)(H4,46,47,48);1H3,(H,3,4). The number of amides is 7. The number of aliphatic hydroxyl groups is 1. The van der Waals surface area contributed by atoms with Gasteiger partial charge in [-0.1, -0.05) is 60.7 Å². The molecule has 3 saturated heterocycles. The Balaban J connectivity index is 0.00000249. The molecule has 376 valence electrons. The maximum absolute atomic E-state index is 13.8. The highest BCUT2D eigenvalue weighted by Gasteiger charge is 2.43. The minimum Gasteiger partial charge on any atom is -0.481 e. The number of nitrogens with two attached hydrogens (primary N) is 3. The summed E-state index contributed by atoms with van der Waals surface area (Å²) in [5.74, 6) is -6.54. The fraction of sp³-hybridized carbons (Fsp3) is 0.522. The number of carboxylic acid groups (broad SMARTS) is 2. The Morgan fingerprint density at radius 2 is 1.19 bits per heavy atom. The second-order valence-electron chi connectivity index (χ2n) is 17.0. The lowest BCUT2D eigenvalue weighted by Crippen LogP contribution is -2.59. The predicted octanol–water partition coefficient (Wildman–Crippen LogP) is -2.44. The molecule has 5 rings (SSSR count). The van der Waals surface area contributed by atoms with Crippen LogP contribution < -0.4 is 38.5 Å². The van der Waals surface area contributed by atoms with Crippen molar-refractivity contribution in [3.05, 3.63) is 71.8 Å². The van der Waals surface area contributed by atoms with Crippen LogP contribution in [0.25, 0.3) is 0 Å². The van der Waals surface area contributed by atoms with Gasteiger partial charge in [-0.3, -0.25) is 43.3 Å². The third kappa shape index (κ3) is 16.6. The van der Waals surface area contributed by atoms with Crippen molar-refractivity contribution in [2.45, 2.75) is 113 Å². The summed E-state index contributed by atoms with van der Waals surface area (Å²) in [6.07, 6.45) is 3.23. The Labute approximate surface area is 399 Å². The maximum Gasteiger partial charge on any atom is 0.326 e. The van der Waals surface area contributed by atoms with E-state index in [1.165, 1.54) is 14.7 Å². The Morgan fingerprint density at radius 1 is 0.681 bits per heavy atom. The summed E-state index contributed by atoms with van der Waals surface area (Å²) in [6, 6.07) is 9.74. The Hall–Kier alpha value is -7.14. The van der Waals surface area contributed by atoms with E-state index in [-0.39, 0.29) is 50.1 Å². The summed E-state index contributed by atoms with van der Waals surface area (Å²) < 4.78 is 0. The van der Waals surface area contributed by atoms with Gasteiger partial charge in [0, 0.05) is 45.9 Å². The number of hydrogen-bond donors (Lipinski definition) is 10. The van der Waals surface area contributed by atoms with Crippen molar-refractivity contribution < 1.29 is 58.5 Å². The third-order valence-electron chi connectivity index (χ3n) is 11.8. The van der Waals surface area contributed by atoms with Crippen molar-refractivity contribution in [2.24, 2.45) is 22.2 Å². The minimum absolute atomic E-state index is 0.0128. The number of carboxylic acids is 2. The molecular weight excluding hydrogens is 899 g/mol. The fourth-order valence-corrected chi connectivity index (χ4v) is 8.51. The van der Waals surface area contributed by atoms with Crippen LogP contribution in [-0.4, -0.2) is 171 Å². The van der Waals surface area contributed by atoms with E-state index < -0.39 is 96.9 Å². The zero-order valence-electron chi connectivity index (χ0n) is 38.7. The molecule has 0 bridgehead atoms. The van der Waals surface area contributed by atoms with E-state index in [1.807, 2.05) is 0 Å². The van der Waals surface area contributed by atoms with Gasteiger partial charge in [-0.15, -0.1) is 0 Å². The van der Waals surface area contributed by atoms with E-state index in [0.29, 0.717) is 69.2 Å². The first-order chi connectivity index (χ1) is 32.9. The third-order valence-corrected chi connectivity index (χ3v) is 11.8. The van der Waals surface area contributed by atoms with Crippen molar-refractivity contribution >= 4 is 59.2 Å². The molecule has 3 fully saturated rings. The molecule has 7 atom stereocenters. The summed E-state index contributed by atoms with van der Waals surface area (Å²) in [5, 5.41) is 37.8. The van der Waals surface area contributed by atoms with E-state index in [0.717, 1.165) is 6.92 Å². The molecule has 0 aliphatic carbocycles. The first-order valence-electron chi connectivity index (χ1n) is 22.9. The lowest BCUT2D eigenvalue weighted by molar-refractivity contribution is -0.147. The Morgan fingerprint density at radius 3 is 1.72 bits per heavy atom. The number of guanidine groups is 1. The summed E-state index contributed by atoms with van der Waals surface area (Å²) in [5.41, 5.74) is 18.2. The quantitative estimate of drug-likeness (QED) is 0.0353. The van der Waals surface area contributed by atoms with Crippen LogP contribution in [0.1, 0.15) is 69.4 Å². The molecule has 13 N–H and O–H groups in total. The van der Waals surface area contributed by atoms with Gasteiger partial charge >= 0.3 is 5.97 Å². The molecule has 23 nitrogen and oxygen atoms in total. The minimum atomic E-state index is -1.52. The summed E-state index contributed by atoms with van der Waals surface area (Å²) >= 11 is 0. The number of carbonyl (C=O) groups is 9. The zero-order chi connectivity index (χ0) is 50.6. The molecule has 23 heteroatoms. The number of nitrogens with zero attached hydrogens (tertiary/aromatic N) is 4. The predicted molar refractivity (Wildman–Crippen MR) is 249 cm³/mol. The van der Waals surface area contributed by atoms with Crippen molar-refractivity contribution in [1.29, 1.82) is 0 Å². The fourth-order valence-electron chi connectivity index (χ4n) is 8.51. The normalized spacial score (nSPS) is 19.1. The van der Waals surface area contributed by atoms with Gasteiger partial charge in [0.15, 0.2) is 5.96 Å². The summed E-state index contributed by atoms with van der Waals surface area (Å²) in [7, 11) is 0. The lowest BCUT2D eigenvalue weighted by atomic mass is 10.0. The number of hydrogen-bond acceptors (Lipinski definition) is 12. The van der Waals surface area contributed by atoms with Crippen molar-refractivity contribution in [3.8, 4) is 0 Å². The SMILES string of the molecule is CC(=O)O.NC(N)=NCCCC(N)C(=O)N1CCCC1C(=O)N1CCCC1C(=O)NCC(=O)NC(Cc1ccccc1)C(=O)NC(CO)C(=O)N1CCCC1C(=O)NC(Cc1ccccc1)C(=O)O. The molecule has 0 radical (unpaired) electrons. The number of nitrogens with one attached hydrogen (secondary N) is 4. The molecule has 7 amide bonds. The molecule has 0 saturated carbocycles. The average Bonchev–Trinajstić information content (AvgIpc) is 4.13. The van der Waals surface area contributed by atoms with E-state index in [1.54, 1.807) is 60.7 Å². The van der Waals surface area contributed by atoms with E-state index >= 15 is 0 Å². The number of carbonyl (C=O) groups excluding carboxylic acids is 7. The first kappa shape index (κ1) is 54.5. The van der Waals surface area contributed by atoms with Crippen LogP contribution in [0.15, 0.2) is 65.7 Å². The van der Waals surface area contributed by atoms with Crippen LogP contribution >= 0.6 is 0 Å². The van der Waals surface area contributed by atoms with Gasteiger partial charge in [0.05, 0.1) is 19.2 Å². The average molecular weight is 964 g/mol. The summed E-state index contributed by atoms with van der Waals surface area (Å²) in [6.45, 7) is 0.705. The van der Waals surface area contributed by atoms with Crippen LogP contribution in [0.2, 0.25) is 0 Å². The monoisotopic (exact) mass is 963 g/mol. The molecule has 0 aromatic heterocycles. The van der Waals surface area contributed by atoms with Crippen LogP contribution in [0.5, 0.6) is 0 Å². The van der Waals surface area contributed by atoms with Gasteiger partial charge in [0.1, 0.15) is 36.3 Å². The summed E-state index contributed by atoms with van der Waals surface area (Å²) in [4.78, 5) is 124. The van der Waals surface area contributed by atoms with Crippen LogP contribution in [0.3, 0.4) is 0 Å². The molecule has 2 aromatic rings. The molecular formula is C46H65N11O12. The number of aliphatic hydroxyl groups excluding tert-OH is 1. The lowest BCUT2D eigenvalue weighted by Gasteiger charge is -2.32. The molecule has 2 aromatic carbocycles. The Kier molecular flexibility index (Phi) is 21.3. The van der Waals surface area contributed by atoms with Crippen molar-refractivity contribution in [2.75, 3.05) is 39.3 Å². The highest BCUT2D eigenvalue weighted by Crippen LogP contribution is 2.26. The van der Waals surface area contributed by atoms with E-state index in [4.69, 9.17) is 27.1 Å². The van der Waals surface area contributed by atoms with Gasteiger partial charge in [0.25, 0.3) is 5.97 Å². The van der Waals surface area contributed by atoms with Crippen molar-refractivity contribution in [3.63, 3.8) is 0 Å². The second kappa shape index (κ2) is 27.0. The number of benzene rings is 2. The molecule has 69 heavy (non-hydrogen) atoms. The first-order valence-corrected chi connectivity index (χ1v) is 22.9. The van der Waals surface area contributed by atoms with Gasteiger partial charge in [-0.25, -0.2) is 4.79 Å². The molecule has 3 aliphatic heterocycles. The van der Waals surface area contributed by atoms with Crippen LogP contribution in [0, 0.1) is 0 Å². The number of likely N-dealkylation sites (tertiary alicyclic amines) is 3. The van der Waals surface area contributed by atoms with Crippen LogP contribution in [0.4, 0.5) is 0 Å². The smallest absolute Gasteiger partial charge is 0.326 e.